The molecule has 1 saturated carbocycles. The first-order chi connectivity index (χ1) is 12.7. The summed E-state index contributed by atoms with van der Waals surface area (Å²) in [4.78, 5) is 12.6. The normalized spacial score (nSPS) is 18.8. The molecule has 0 radical (unpaired) electrons. The minimum atomic E-state index is -0.499. The van der Waals surface area contributed by atoms with Gasteiger partial charge in [-0.3, -0.25) is 4.79 Å². The second-order valence-electron chi connectivity index (χ2n) is 6.80. The van der Waals surface area contributed by atoms with Gasteiger partial charge in [-0.05, 0) is 43.2 Å². The van der Waals surface area contributed by atoms with E-state index in [2.05, 4.69) is 5.32 Å². The van der Waals surface area contributed by atoms with Gasteiger partial charge in [-0.25, -0.2) is 0 Å². The number of carbonyl (C=O) groups excluding carboxylic acids is 1. The second kappa shape index (κ2) is 5.83. The fourth-order valence-electron chi connectivity index (χ4n) is 3.68. The largest absolute Gasteiger partial charge is 0.486 e. The Hall–Kier alpha value is -2.89. The van der Waals surface area contributed by atoms with Crippen molar-refractivity contribution in [3.63, 3.8) is 0 Å². The third-order valence-electron chi connectivity index (χ3n) is 4.96. The van der Waals surface area contributed by atoms with Crippen LogP contribution >= 0.6 is 0 Å². The van der Waals surface area contributed by atoms with Crippen molar-refractivity contribution in [2.24, 2.45) is 0 Å². The van der Waals surface area contributed by atoms with E-state index in [1.165, 1.54) is 0 Å². The minimum Gasteiger partial charge on any atom is -0.486 e. The van der Waals surface area contributed by atoms with Crippen molar-refractivity contribution in [1.29, 1.82) is 0 Å². The van der Waals surface area contributed by atoms with Crippen LogP contribution in [0.25, 0.3) is 0 Å². The molecule has 2 heterocycles. The summed E-state index contributed by atoms with van der Waals surface area (Å²) in [6.07, 6.45) is 4.03. The van der Waals surface area contributed by atoms with Crippen molar-refractivity contribution in [1.82, 2.24) is 0 Å². The maximum atomic E-state index is 12.6. The van der Waals surface area contributed by atoms with Gasteiger partial charge >= 0.3 is 0 Å². The average molecular weight is 353 g/mol. The molecule has 5 rings (SSSR count). The van der Waals surface area contributed by atoms with E-state index in [4.69, 9.17) is 18.9 Å². The topological polar surface area (TPSA) is 66.0 Å². The molecule has 6 nitrogen and oxygen atoms in total. The Kier molecular flexibility index (Phi) is 3.45. The van der Waals surface area contributed by atoms with E-state index in [1.54, 1.807) is 18.2 Å². The molecule has 6 heteroatoms. The molecule has 26 heavy (non-hydrogen) atoms. The summed E-state index contributed by atoms with van der Waals surface area (Å²) < 4.78 is 23.1. The van der Waals surface area contributed by atoms with Gasteiger partial charge in [-0.2, -0.15) is 0 Å². The highest BCUT2D eigenvalue weighted by atomic mass is 16.7. The third kappa shape index (κ3) is 2.62. The maximum absolute atomic E-state index is 12.6. The fraction of sp³-hybridized carbons (Fsp3) is 0.350. The smallest absolute Gasteiger partial charge is 0.255 e. The zero-order valence-corrected chi connectivity index (χ0v) is 14.2. The van der Waals surface area contributed by atoms with Gasteiger partial charge in [0.1, 0.15) is 13.2 Å². The van der Waals surface area contributed by atoms with Crippen molar-refractivity contribution >= 4 is 11.6 Å². The van der Waals surface area contributed by atoms with E-state index in [9.17, 15) is 4.79 Å². The van der Waals surface area contributed by atoms with Crippen molar-refractivity contribution in [2.45, 2.75) is 31.5 Å². The summed E-state index contributed by atoms with van der Waals surface area (Å²) >= 11 is 0. The molecule has 0 atom stereocenters. The van der Waals surface area contributed by atoms with Crippen LogP contribution in [0.4, 0.5) is 5.69 Å². The molecule has 1 spiro atoms. The summed E-state index contributed by atoms with van der Waals surface area (Å²) in [5.41, 5.74) is 1.18. The van der Waals surface area contributed by atoms with Crippen LogP contribution in [0, 0.1) is 0 Å². The first kappa shape index (κ1) is 15.4. The molecular formula is C20H19NO5. The molecule has 0 saturated heterocycles. The Morgan fingerprint density at radius 1 is 0.846 bits per heavy atom. The van der Waals surface area contributed by atoms with Crippen molar-refractivity contribution in [3.8, 4) is 23.0 Å². The number of fused-ring (bicyclic) bond motifs is 2. The number of carbonyl (C=O) groups is 1. The number of hydrogen-bond acceptors (Lipinski definition) is 5. The zero-order chi connectivity index (χ0) is 17.6. The lowest BCUT2D eigenvalue weighted by Gasteiger charge is -2.21. The summed E-state index contributed by atoms with van der Waals surface area (Å²) in [6, 6.07) is 10.7. The lowest BCUT2D eigenvalue weighted by atomic mass is 10.1. The molecule has 1 amide bonds. The summed E-state index contributed by atoms with van der Waals surface area (Å²) in [5.74, 6) is 1.98. The Morgan fingerprint density at radius 2 is 1.58 bits per heavy atom. The van der Waals surface area contributed by atoms with Crippen LogP contribution in [0.5, 0.6) is 23.0 Å². The highest BCUT2D eigenvalue weighted by Gasteiger charge is 2.44. The van der Waals surface area contributed by atoms with Gasteiger partial charge in [0.25, 0.3) is 11.7 Å². The summed E-state index contributed by atoms with van der Waals surface area (Å²) in [5, 5.41) is 2.90. The van der Waals surface area contributed by atoms with Crippen molar-refractivity contribution in [2.75, 3.05) is 18.5 Å². The minimum absolute atomic E-state index is 0.212. The van der Waals surface area contributed by atoms with E-state index < -0.39 is 5.79 Å². The zero-order valence-electron chi connectivity index (χ0n) is 14.2. The first-order valence-corrected chi connectivity index (χ1v) is 8.94. The van der Waals surface area contributed by atoms with Crippen molar-refractivity contribution in [3.05, 3.63) is 42.0 Å². The number of anilines is 1. The van der Waals surface area contributed by atoms with Gasteiger partial charge in [0.2, 0.25) is 0 Å². The van der Waals surface area contributed by atoms with E-state index in [-0.39, 0.29) is 5.91 Å². The van der Waals surface area contributed by atoms with Crippen LogP contribution in [0.15, 0.2) is 36.4 Å². The van der Waals surface area contributed by atoms with Gasteiger partial charge in [0, 0.05) is 30.2 Å². The number of benzene rings is 2. The molecule has 134 valence electrons. The molecule has 0 aromatic heterocycles. The van der Waals surface area contributed by atoms with Crippen LogP contribution in [0.2, 0.25) is 0 Å². The Labute approximate surface area is 151 Å². The fourth-order valence-corrected chi connectivity index (χ4v) is 3.68. The molecule has 1 aliphatic carbocycles. The molecular weight excluding hydrogens is 334 g/mol. The van der Waals surface area contributed by atoms with Gasteiger partial charge in [-0.15, -0.1) is 0 Å². The van der Waals surface area contributed by atoms with E-state index >= 15 is 0 Å². The number of amides is 1. The van der Waals surface area contributed by atoms with Crippen LogP contribution in [0.3, 0.4) is 0 Å². The van der Waals surface area contributed by atoms with Crippen LogP contribution in [-0.4, -0.2) is 24.9 Å². The second-order valence-corrected chi connectivity index (χ2v) is 6.80. The molecule has 0 unspecified atom stereocenters. The third-order valence-corrected chi connectivity index (χ3v) is 4.96. The quantitative estimate of drug-likeness (QED) is 0.891. The Balaban J connectivity index is 1.33. The number of nitrogens with one attached hydrogen (secondary N) is 1. The van der Waals surface area contributed by atoms with Gasteiger partial charge in [-0.1, -0.05) is 0 Å². The van der Waals surface area contributed by atoms with Crippen molar-refractivity contribution < 1.29 is 23.7 Å². The lowest BCUT2D eigenvalue weighted by Crippen LogP contribution is -2.34. The highest BCUT2D eigenvalue weighted by Crippen LogP contribution is 2.47. The molecule has 1 fully saturated rings. The summed E-state index contributed by atoms with van der Waals surface area (Å²) in [6.45, 7) is 1.01. The molecule has 2 aromatic rings. The van der Waals surface area contributed by atoms with Gasteiger partial charge in [0.05, 0.1) is 0 Å². The summed E-state index contributed by atoms with van der Waals surface area (Å²) in [7, 11) is 0. The monoisotopic (exact) mass is 353 g/mol. The Morgan fingerprint density at radius 3 is 2.42 bits per heavy atom. The molecule has 0 bridgehead atoms. The van der Waals surface area contributed by atoms with E-state index in [0.29, 0.717) is 41.7 Å². The van der Waals surface area contributed by atoms with E-state index in [1.807, 2.05) is 18.2 Å². The molecule has 1 N–H and O–H groups in total. The van der Waals surface area contributed by atoms with Gasteiger partial charge in [0.15, 0.2) is 23.0 Å². The molecule has 2 aliphatic heterocycles. The molecule has 2 aromatic carbocycles. The van der Waals surface area contributed by atoms with Gasteiger partial charge < -0.3 is 24.3 Å². The van der Waals surface area contributed by atoms with E-state index in [0.717, 1.165) is 31.4 Å². The first-order valence-electron chi connectivity index (χ1n) is 8.94. The predicted molar refractivity (Wildman–Crippen MR) is 94.3 cm³/mol. The number of ether oxygens (including phenoxy) is 4. The Bertz CT molecular complexity index is 873. The average Bonchev–Trinajstić information content (AvgIpc) is 3.27. The predicted octanol–water partition coefficient (Wildman–Crippen LogP) is 3.75. The SMILES string of the molecule is O=C(Nc1ccc2c(c1)OC1(CCCC1)O2)c1ccc2c(c1)OCCO2. The van der Waals surface area contributed by atoms with Crippen LogP contribution < -0.4 is 24.3 Å². The maximum Gasteiger partial charge on any atom is 0.255 e. The standard InChI is InChI=1S/C20H19NO5/c22-19(13-3-5-15-17(11-13)24-10-9-23-15)21-14-4-6-16-18(12-14)26-20(25-16)7-1-2-8-20/h3-6,11-12H,1-2,7-10H2,(H,21,22). The number of rotatable bonds is 2. The van der Waals surface area contributed by atoms with Crippen LogP contribution in [0.1, 0.15) is 36.0 Å². The lowest BCUT2D eigenvalue weighted by molar-refractivity contribution is -0.0716. The molecule has 3 aliphatic rings. The van der Waals surface area contributed by atoms with Crippen LogP contribution in [-0.2, 0) is 0 Å². The highest BCUT2D eigenvalue weighted by molar-refractivity contribution is 6.04. The number of hydrogen-bond donors (Lipinski definition) is 1.